The zero-order valence-corrected chi connectivity index (χ0v) is 12.4. The van der Waals surface area contributed by atoms with Crippen LogP contribution in [0.4, 0.5) is 0 Å². The first-order valence-corrected chi connectivity index (χ1v) is 7.04. The van der Waals surface area contributed by atoms with Gasteiger partial charge in [-0.3, -0.25) is 0 Å². The van der Waals surface area contributed by atoms with E-state index in [-0.39, 0.29) is 0 Å². The van der Waals surface area contributed by atoms with E-state index in [4.69, 9.17) is 11.6 Å². The smallest absolute Gasteiger partial charge is 0.0649 e. The van der Waals surface area contributed by atoms with Crippen LogP contribution < -0.4 is 5.32 Å². The van der Waals surface area contributed by atoms with Gasteiger partial charge in [-0.25, -0.2) is 4.68 Å². The first-order valence-electron chi connectivity index (χ1n) is 6.67. The molecule has 2 rings (SSSR count). The Kier molecular flexibility index (Phi) is 4.61. The summed E-state index contributed by atoms with van der Waals surface area (Å²) in [4.78, 5) is 0. The number of halogens is 1. The van der Waals surface area contributed by atoms with Gasteiger partial charge in [0, 0.05) is 28.9 Å². The van der Waals surface area contributed by atoms with E-state index in [1.807, 2.05) is 35.1 Å². The molecule has 0 atom stereocenters. The standard InChI is InChI=1S/C15H20ClN3/c1-4-15-12(9-17-11(2)3)10-18-19(15)14-7-5-13(16)6-8-14/h5-8,10-11,17H,4,9H2,1-3H3. The normalized spacial score (nSPS) is 11.2. The van der Waals surface area contributed by atoms with Gasteiger partial charge in [0.15, 0.2) is 0 Å². The maximum atomic E-state index is 5.92. The second-order valence-electron chi connectivity index (χ2n) is 4.89. The Morgan fingerprint density at radius 3 is 2.53 bits per heavy atom. The molecule has 1 aromatic carbocycles. The predicted molar refractivity (Wildman–Crippen MR) is 79.9 cm³/mol. The average molecular weight is 278 g/mol. The summed E-state index contributed by atoms with van der Waals surface area (Å²) in [5.74, 6) is 0. The first-order chi connectivity index (χ1) is 9.11. The Labute approximate surface area is 119 Å². The van der Waals surface area contributed by atoms with E-state index in [0.717, 1.165) is 23.7 Å². The Hall–Kier alpha value is -1.32. The number of rotatable bonds is 5. The Morgan fingerprint density at radius 1 is 1.26 bits per heavy atom. The van der Waals surface area contributed by atoms with Gasteiger partial charge in [0.25, 0.3) is 0 Å². The van der Waals surface area contributed by atoms with Gasteiger partial charge in [-0.15, -0.1) is 0 Å². The SMILES string of the molecule is CCc1c(CNC(C)C)cnn1-c1ccc(Cl)cc1. The molecular formula is C15H20ClN3. The minimum atomic E-state index is 0.476. The van der Waals surface area contributed by atoms with E-state index >= 15 is 0 Å². The van der Waals surface area contributed by atoms with Crippen LogP contribution in [0.5, 0.6) is 0 Å². The molecule has 3 nitrogen and oxygen atoms in total. The lowest BCUT2D eigenvalue weighted by Gasteiger charge is -2.10. The van der Waals surface area contributed by atoms with Gasteiger partial charge in [-0.1, -0.05) is 32.4 Å². The van der Waals surface area contributed by atoms with Crippen molar-refractivity contribution in [3.05, 3.63) is 46.7 Å². The van der Waals surface area contributed by atoms with Crippen LogP contribution in [0.3, 0.4) is 0 Å². The maximum absolute atomic E-state index is 5.92. The third-order valence-electron chi connectivity index (χ3n) is 3.06. The topological polar surface area (TPSA) is 29.9 Å². The molecule has 0 saturated heterocycles. The quantitative estimate of drug-likeness (QED) is 0.905. The molecule has 102 valence electrons. The molecule has 1 heterocycles. The Bertz CT molecular complexity index is 529. The summed E-state index contributed by atoms with van der Waals surface area (Å²) in [6, 6.07) is 8.25. The third kappa shape index (κ3) is 3.37. The monoisotopic (exact) mass is 277 g/mol. The molecule has 0 fully saturated rings. The number of nitrogens with zero attached hydrogens (tertiary/aromatic N) is 2. The number of benzene rings is 1. The molecular weight excluding hydrogens is 258 g/mol. The third-order valence-corrected chi connectivity index (χ3v) is 3.31. The van der Waals surface area contributed by atoms with E-state index < -0.39 is 0 Å². The fraction of sp³-hybridized carbons (Fsp3) is 0.400. The van der Waals surface area contributed by atoms with Crippen molar-refractivity contribution >= 4 is 11.6 Å². The number of nitrogens with one attached hydrogen (secondary N) is 1. The minimum Gasteiger partial charge on any atom is -0.310 e. The second-order valence-corrected chi connectivity index (χ2v) is 5.33. The number of hydrogen-bond acceptors (Lipinski definition) is 2. The fourth-order valence-corrected chi connectivity index (χ4v) is 2.18. The van der Waals surface area contributed by atoms with Crippen LogP contribution in [0.25, 0.3) is 5.69 Å². The molecule has 1 aromatic heterocycles. The summed E-state index contributed by atoms with van der Waals surface area (Å²) in [6.45, 7) is 7.31. The fourth-order valence-electron chi connectivity index (χ4n) is 2.05. The first kappa shape index (κ1) is 14.1. The molecule has 2 aromatic rings. The van der Waals surface area contributed by atoms with E-state index in [9.17, 15) is 0 Å². The summed E-state index contributed by atoms with van der Waals surface area (Å²) < 4.78 is 1.99. The van der Waals surface area contributed by atoms with Crippen molar-refractivity contribution in [2.24, 2.45) is 0 Å². The molecule has 0 unspecified atom stereocenters. The zero-order valence-electron chi connectivity index (χ0n) is 11.7. The van der Waals surface area contributed by atoms with Gasteiger partial charge >= 0.3 is 0 Å². The van der Waals surface area contributed by atoms with Crippen molar-refractivity contribution in [2.45, 2.75) is 39.8 Å². The highest BCUT2D eigenvalue weighted by Crippen LogP contribution is 2.18. The molecule has 19 heavy (non-hydrogen) atoms. The van der Waals surface area contributed by atoms with Crippen LogP contribution in [-0.4, -0.2) is 15.8 Å². The van der Waals surface area contributed by atoms with Gasteiger partial charge < -0.3 is 5.32 Å². The maximum Gasteiger partial charge on any atom is 0.0649 e. The lowest BCUT2D eigenvalue weighted by atomic mass is 10.2. The van der Waals surface area contributed by atoms with Crippen molar-refractivity contribution in [3.8, 4) is 5.69 Å². The highest BCUT2D eigenvalue weighted by Gasteiger charge is 2.10. The van der Waals surface area contributed by atoms with Gasteiger partial charge in [0.1, 0.15) is 0 Å². The molecule has 0 aliphatic carbocycles. The van der Waals surface area contributed by atoms with Crippen molar-refractivity contribution in [1.82, 2.24) is 15.1 Å². The van der Waals surface area contributed by atoms with E-state index in [2.05, 4.69) is 31.2 Å². The van der Waals surface area contributed by atoms with E-state index in [1.165, 1.54) is 11.3 Å². The van der Waals surface area contributed by atoms with Crippen molar-refractivity contribution in [2.75, 3.05) is 0 Å². The molecule has 0 aliphatic heterocycles. The molecule has 0 amide bonds. The minimum absolute atomic E-state index is 0.476. The lowest BCUT2D eigenvalue weighted by molar-refractivity contribution is 0.586. The summed E-state index contributed by atoms with van der Waals surface area (Å²) >= 11 is 5.92. The molecule has 0 spiro atoms. The summed E-state index contributed by atoms with van der Waals surface area (Å²) in [5.41, 5.74) is 3.55. The molecule has 0 bridgehead atoms. The highest BCUT2D eigenvalue weighted by molar-refractivity contribution is 6.30. The van der Waals surface area contributed by atoms with Crippen LogP contribution in [0, 0.1) is 0 Å². The van der Waals surface area contributed by atoms with Crippen molar-refractivity contribution < 1.29 is 0 Å². The molecule has 4 heteroatoms. The molecule has 0 saturated carbocycles. The lowest BCUT2D eigenvalue weighted by Crippen LogP contribution is -2.22. The van der Waals surface area contributed by atoms with Crippen LogP contribution in [0.2, 0.25) is 5.02 Å². The Morgan fingerprint density at radius 2 is 1.95 bits per heavy atom. The van der Waals surface area contributed by atoms with Gasteiger partial charge in [-0.05, 0) is 30.7 Å². The van der Waals surface area contributed by atoms with Gasteiger partial charge in [0.2, 0.25) is 0 Å². The number of hydrogen-bond donors (Lipinski definition) is 1. The van der Waals surface area contributed by atoms with Crippen LogP contribution >= 0.6 is 11.6 Å². The predicted octanol–water partition coefficient (Wildman–Crippen LogP) is 3.59. The zero-order chi connectivity index (χ0) is 13.8. The van der Waals surface area contributed by atoms with Crippen LogP contribution in [0.1, 0.15) is 32.0 Å². The summed E-state index contributed by atoms with van der Waals surface area (Å²) in [6.07, 6.45) is 2.90. The molecule has 0 radical (unpaired) electrons. The van der Waals surface area contributed by atoms with E-state index in [1.54, 1.807) is 0 Å². The summed E-state index contributed by atoms with van der Waals surface area (Å²) in [7, 11) is 0. The molecule has 0 aliphatic rings. The van der Waals surface area contributed by atoms with E-state index in [0.29, 0.717) is 6.04 Å². The van der Waals surface area contributed by atoms with Crippen molar-refractivity contribution in [1.29, 1.82) is 0 Å². The van der Waals surface area contributed by atoms with Crippen molar-refractivity contribution in [3.63, 3.8) is 0 Å². The average Bonchev–Trinajstić information content (AvgIpc) is 2.80. The van der Waals surface area contributed by atoms with Gasteiger partial charge in [0.05, 0.1) is 11.9 Å². The Balaban J connectivity index is 2.28. The summed E-state index contributed by atoms with van der Waals surface area (Å²) in [5, 5.41) is 8.68. The second kappa shape index (κ2) is 6.22. The molecule has 1 N–H and O–H groups in total. The van der Waals surface area contributed by atoms with Gasteiger partial charge in [-0.2, -0.15) is 5.10 Å². The highest BCUT2D eigenvalue weighted by atomic mass is 35.5. The van der Waals surface area contributed by atoms with Crippen LogP contribution in [0.15, 0.2) is 30.5 Å². The number of aromatic nitrogens is 2. The van der Waals surface area contributed by atoms with Crippen LogP contribution in [-0.2, 0) is 13.0 Å². The largest absolute Gasteiger partial charge is 0.310 e.